The highest BCUT2D eigenvalue weighted by Gasteiger charge is 2.44. The monoisotopic (exact) mass is 797 g/mol. The van der Waals surface area contributed by atoms with E-state index in [2.05, 4.69) is 26.0 Å². The van der Waals surface area contributed by atoms with Crippen molar-refractivity contribution in [2.45, 2.75) is 237 Å². The van der Waals surface area contributed by atoms with Gasteiger partial charge in [0.1, 0.15) is 31.0 Å². The topological polar surface area (TPSA) is 152 Å². The molecule has 1 saturated heterocycles. The Morgan fingerprint density at radius 1 is 0.607 bits per heavy atom. The summed E-state index contributed by atoms with van der Waals surface area (Å²) >= 11 is 0. The van der Waals surface area contributed by atoms with Crippen LogP contribution in [-0.2, 0) is 28.5 Å². The fourth-order valence-electron chi connectivity index (χ4n) is 7.78. The van der Waals surface area contributed by atoms with Crippen molar-refractivity contribution in [1.29, 1.82) is 0 Å². The van der Waals surface area contributed by atoms with Crippen molar-refractivity contribution in [3.63, 3.8) is 0 Å². The van der Waals surface area contributed by atoms with Gasteiger partial charge in [-0.1, -0.05) is 154 Å². The molecule has 1 heterocycles. The molecule has 10 heteroatoms. The maximum atomic E-state index is 12.8. The van der Waals surface area contributed by atoms with Gasteiger partial charge in [-0.05, 0) is 56.8 Å². The molecule has 8 atom stereocenters. The van der Waals surface area contributed by atoms with E-state index in [4.69, 9.17) is 18.9 Å². The average molecular weight is 797 g/mol. The van der Waals surface area contributed by atoms with E-state index < -0.39 is 49.4 Å². The maximum Gasteiger partial charge on any atom is 0.306 e. The molecular formula is C46H84O10. The first-order chi connectivity index (χ1) is 27.3. The minimum atomic E-state index is -1.59. The lowest BCUT2D eigenvalue weighted by atomic mass is 9.99. The number of rotatable bonds is 37. The van der Waals surface area contributed by atoms with Crippen molar-refractivity contribution in [3.05, 3.63) is 12.2 Å². The third-order valence-corrected chi connectivity index (χ3v) is 11.6. The standard InChI is InChI=1S/C46H84O10/c1-3-5-7-9-11-12-13-14-15-16-17-18-19-23-28-32-42(49)55-39(36-54-46-45(52)44(51)43(50)40(34-47)56-46)35-53-41(48)31-27-24-20-22-26-30-38-33-37(38)29-25-21-10-8-6-4-2/h14-15,37-40,43-47,50-52H,3-13,16-36H2,1-2H3/t37-,38-,39+,40+,43+,44-,45+,46-/m0/s1. The van der Waals surface area contributed by atoms with Gasteiger partial charge in [0.05, 0.1) is 13.2 Å². The summed E-state index contributed by atoms with van der Waals surface area (Å²) in [6, 6.07) is 0. The molecule has 0 aromatic heterocycles. The van der Waals surface area contributed by atoms with Gasteiger partial charge in [-0.2, -0.15) is 0 Å². The fraction of sp³-hybridized carbons (Fsp3) is 0.913. The number of carbonyl (C=O) groups is 2. The summed E-state index contributed by atoms with van der Waals surface area (Å²) < 4.78 is 22.2. The molecule has 1 aliphatic carbocycles. The van der Waals surface area contributed by atoms with E-state index in [0.717, 1.165) is 63.2 Å². The molecule has 56 heavy (non-hydrogen) atoms. The number of unbranched alkanes of at least 4 members (excludes halogenated alkanes) is 20. The number of hydrogen-bond acceptors (Lipinski definition) is 10. The van der Waals surface area contributed by atoms with Crippen LogP contribution in [0.1, 0.15) is 200 Å². The van der Waals surface area contributed by atoms with E-state index in [1.54, 1.807) is 0 Å². The Labute approximate surface area is 340 Å². The Kier molecular flexibility index (Phi) is 30.1. The predicted molar refractivity (Wildman–Crippen MR) is 222 cm³/mol. The summed E-state index contributed by atoms with van der Waals surface area (Å²) in [4.78, 5) is 25.4. The Morgan fingerprint density at radius 2 is 1.09 bits per heavy atom. The molecule has 2 aliphatic rings. The minimum Gasteiger partial charge on any atom is -0.462 e. The van der Waals surface area contributed by atoms with E-state index in [9.17, 15) is 30.0 Å². The molecule has 4 N–H and O–H groups in total. The van der Waals surface area contributed by atoms with E-state index >= 15 is 0 Å². The zero-order valence-electron chi connectivity index (χ0n) is 35.6. The molecule has 1 aliphatic heterocycles. The third kappa shape index (κ3) is 24.4. The Bertz CT molecular complexity index is 989. The summed E-state index contributed by atoms with van der Waals surface area (Å²) in [7, 11) is 0. The van der Waals surface area contributed by atoms with E-state index in [0.29, 0.717) is 6.42 Å². The van der Waals surface area contributed by atoms with Crippen LogP contribution < -0.4 is 0 Å². The minimum absolute atomic E-state index is 0.213. The van der Waals surface area contributed by atoms with Gasteiger partial charge in [-0.15, -0.1) is 0 Å². The lowest BCUT2D eigenvalue weighted by molar-refractivity contribution is -0.305. The third-order valence-electron chi connectivity index (χ3n) is 11.6. The van der Waals surface area contributed by atoms with Crippen molar-refractivity contribution < 1.29 is 49.0 Å². The van der Waals surface area contributed by atoms with Gasteiger partial charge in [-0.3, -0.25) is 9.59 Å². The first-order valence-corrected chi connectivity index (χ1v) is 23.2. The zero-order valence-corrected chi connectivity index (χ0v) is 35.6. The van der Waals surface area contributed by atoms with E-state index in [1.807, 2.05) is 0 Å². The van der Waals surface area contributed by atoms with Crippen molar-refractivity contribution in [3.8, 4) is 0 Å². The summed E-state index contributed by atoms with van der Waals surface area (Å²) in [5, 5.41) is 40.1. The van der Waals surface area contributed by atoms with Gasteiger partial charge < -0.3 is 39.4 Å². The lowest BCUT2D eigenvalue weighted by Crippen LogP contribution is -2.59. The largest absolute Gasteiger partial charge is 0.462 e. The summed E-state index contributed by atoms with van der Waals surface area (Å²) in [6.45, 7) is 3.44. The van der Waals surface area contributed by atoms with Gasteiger partial charge >= 0.3 is 11.9 Å². The number of aliphatic hydroxyl groups is 4. The Hall–Kier alpha value is -1.56. The average Bonchev–Trinajstić information content (AvgIpc) is 3.95. The molecular weight excluding hydrogens is 712 g/mol. The second-order valence-corrected chi connectivity index (χ2v) is 16.8. The second-order valence-electron chi connectivity index (χ2n) is 16.8. The van der Waals surface area contributed by atoms with Crippen molar-refractivity contribution >= 4 is 11.9 Å². The first kappa shape index (κ1) is 50.6. The van der Waals surface area contributed by atoms with Crippen LogP contribution in [0.25, 0.3) is 0 Å². The normalized spacial score (nSPS) is 24.1. The molecule has 2 fully saturated rings. The molecule has 0 aromatic rings. The molecule has 10 nitrogen and oxygen atoms in total. The molecule has 0 spiro atoms. The van der Waals surface area contributed by atoms with Crippen molar-refractivity contribution in [1.82, 2.24) is 0 Å². The first-order valence-electron chi connectivity index (χ1n) is 23.2. The molecule has 0 amide bonds. The van der Waals surface area contributed by atoms with Gasteiger partial charge in [0.15, 0.2) is 12.4 Å². The fourth-order valence-corrected chi connectivity index (χ4v) is 7.78. The summed E-state index contributed by atoms with van der Waals surface area (Å²) in [6.07, 6.45) is 29.8. The number of hydrogen-bond donors (Lipinski definition) is 4. The molecule has 0 radical (unpaired) electrons. The number of allylic oxidation sites excluding steroid dienone is 2. The Morgan fingerprint density at radius 3 is 1.62 bits per heavy atom. The van der Waals surface area contributed by atoms with Crippen LogP contribution in [0, 0.1) is 11.8 Å². The van der Waals surface area contributed by atoms with Crippen molar-refractivity contribution in [2.24, 2.45) is 11.8 Å². The molecule has 2 rings (SSSR count). The highest BCUT2D eigenvalue weighted by atomic mass is 16.7. The zero-order chi connectivity index (χ0) is 40.6. The highest BCUT2D eigenvalue weighted by Crippen LogP contribution is 2.45. The highest BCUT2D eigenvalue weighted by molar-refractivity contribution is 5.70. The maximum absolute atomic E-state index is 12.8. The van der Waals surface area contributed by atoms with Crippen LogP contribution in [0.15, 0.2) is 12.2 Å². The van der Waals surface area contributed by atoms with Gasteiger partial charge in [0.25, 0.3) is 0 Å². The van der Waals surface area contributed by atoms with Crippen LogP contribution in [0.5, 0.6) is 0 Å². The smallest absolute Gasteiger partial charge is 0.306 e. The van der Waals surface area contributed by atoms with Gasteiger partial charge in [0.2, 0.25) is 0 Å². The van der Waals surface area contributed by atoms with E-state index in [-0.39, 0.29) is 32.0 Å². The van der Waals surface area contributed by atoms with Crippen LogP contribution >= 0.6 is 0 Å². The van der Waals surface area contributed by atoms with Gasteiger partial charge in [-0.25, -0.2) is 0 Å². The molecule has 1 saturated carbocycles. The number of ether oxygens (including phenoxy) is 4. The van der Waals surface area contributed by atoms with Crippen LogP contribution in [-0.4, -0.2) is 89.0 Å². The molecule has 0 unspecified atom stereocenters. The lowest BCUT2D eigenvalue weighted by Gasteiger charge is -2.39. The number of aliphatic hydroxyl groups excluding tert-OH is 4. The van der Waals surface area contributed by atoms with Crippen LogP contribution in [0.2, 0.25) is 0 Å². The summed E-state index contributed by atoms with van der Waals surface area (Å²) in [5.41, 5.74) is 0. The summed E-state index contributed by atoms with van der Waals surface area (Å²) in [5.74, 6) is 1.11. The molecule has 0 bridgehead atoms. The van der Waals surface area contributed by atoms with Crippen LogP contribution in [0.3, 0.4) is 0 Å². The molecule has 0 aromatic carbocycles. The number of esters is 2. The van der Waals surface area contributed by atoms with Crippen molar-refractivity contribution in [2.75, 3.05) is 19.8 Å². The van der Waals surface area contributed by atoms with Crippen LogP contribution in [0.4, 0.5) is 0 Å². The quantitative estimate of drug-likeness (QED) is 0.0272. The predicted octanol–water partition coefficient (Wildman–Crippen LogP) is 9.41. The Balaban J connectivity index is 1.62. The molecule has 328 valence electrons. The van der Waals surface area contributed by atoms with Gasteiger partial charge in [0, 0.05) is 12.8 Å². The second kappa shape index (κ2) is 33.3. The SMILES string of the molecule is CCCCCCCCC=CCCCCCCCC(=O)O[C@H](COC(=O)CCCCCCC[C@H]1C[C@@H]1CCCCCCCC)CO[C@H]1O[C@H](CO)[C@@H](O)[C@H](O)[C@H]1O. The van der Waals surface area contributed by atoms with E-state index in [1.165, 1.54) is 116 Å². The number of carbonyl (C=O) groups excluding carboxylic acids is 2.